The molecule has 6 nitrogen and oxygen atoms in total. The van der Waals surface area contributed by atoms with Crippen LogP contribution >= 0.6 is 11.8 Å². The quantitative estimate of drug-likeness (QED) is 0.264. The summed E-state index contributed by atoms with van der Waals surface area (Å²) in [6.45, 7) is 1.34. The van der Waals surface area contributed by atoms with E-state index in [1.807, 2.05) is 12.1 Å². The van der Waals surface area contributed by atoms with E-state index in [0.29, 0.717) is 29.8 Å². The fraction of sp³-hybridized carbons (Fsp3) is 0.381. The van der Waals surface area contributed by atoms with Gasteiger partial charge in [0.25, 0.3) is 0 Å². The van der Waals surface area contributed by atoms with Gasteiger partial charge < -0.3 is 24.8 Å². The number of methoxy groups -OCH3 is 3. The molecule has 0 fully saturated rings. The summed E-state index contributed by atoms with van der Waals surface area (Å²) < 4.78 is 29.0. The average Bonchev–Trinajstić information content (AvgIpc) is 2.75. The zero-order valence-electron chi connectivity index (χ0n) is 17.3. The van der Waals surface area contributed by atoms with Crippen LogP contribution in [0.2, 0.25) is 0 Å². The standard InChI is InChI=1S/C21H28FN3O3S/c1-23-21(24-10-5-11-29-17-8-6-16(22)7-9-17)25-14-15-12-18(26-2)20(28-4)19(13-15)27-3/h6-9,12-13H,5,10-11,14H2,1-4H3,(H2,23,24,25). The topological polar surface area (TPSA) is 64.1 Å². The molecular formula is C21H28FN3O3S. The van der Waals surface area contributed by atoms with Gasteiger partial charge in [0.1, 0.15) is 5.82 Å². The van der Waals surface area contributed by atoms with Gasteiger partial charge in [-0.1, -0.05) is 0 Å². The van der Waals surface area contributed by atoms with Gasteiger partial charge in [0.2, 0.25) is 5.75 Å². The van der Waals surface area contributed by atoms with Gasteiger partial charge in [-0.15, -0.1) is 11.8 Å². The Morgan fingerprint density at radius 1 is 1.00 bits per heavy atom. The van der Waals surface area contributed by atoms with Crippen molar-refractivity contribution in [2.75, 3.05) is 40.7 Å². The first-order valence-corrected chi connectivity index (χ1v) is 10.2. The lowest BCUT2D eigenvalue weighted by Crippen LogP contribution is -2.37. The molecule has 0 aliphatic rings. The predicted molar refractivity (Wildman–Crippen MR) is 116 cm³/mol. The van der Waals surface area contributed by atoms with Crippen LogP contribution in [0, 0.1) is 5.82 Å². The highest BCUT2D eigenvalue weighted by atomic mass is 32.2. The van der Waals surface area contributed by atoms with Gasteiger partial charge in [-0.05, 0) is 54.1 Å². The number of hydrogen-bond donors (Lipinski definition) is 2. The molecule has 0 saturated carbocycles. The highest BCUT2D eigenvalue weighted by molar-refractivity contribution is 7.99. The van der Waals surface area contributed by atoms with Crippen molar-refractivity contribution in [1.82, 2.24) is 10.6 Å². The van der Waals surface area contributed by atoms with Crippen molar-refractivity contribution < 1.29 is 18.6 Å². The Kier molecular flexibility index (Phi) is 9.43. The van der Waals surface area contributed by atoms with Gasteiger partial charge in [-0.25, -0.2) is 4.39 Å². The molecule has 0 spiro atoms. The summed E-state index contributed by atoms with van der Waals surface area (Å²) in [7, 11) is 6.51. The maximum absolute atomic E-state index is 12.9. The third-order valence-corrected chi connectivity index (χ3v) is 5.20. The van der Waals surface area contributed by atoms with E-state index >= 15 is 0 Å². The van der Waals surface area contributed by atoms with Crippen molar-refractivity contribution in [3.63, 3.8) is 0 Å². The second-order valence-corrected chi connectivity index (χ2v) is 7.21. The van der Waals surface area contributed by atoms with Gasteiger partial charge in [-0.3, -0.25) is 4.99 Å². The van der Waals surface area contributed by atoms with E-state index in [1.54, 1.807) is 52.3 Å². The third-order valence-electron chi connectivity index (χ3n) is 4.10. The smallest absolute Gasteiger partial charge is 0.203 e. The van der Waals surface area contributed by atoms with Crippen LogP contribution in [0.1, 0.15) is 12.0 Å². The number of benzene rings is 2. The largest absolute Gasteiger partial charge is 0.493 e. The van der Waals surface area contributed by atoms with E-state index in [9.17, 15) is 4.39 Å². The maximum atomic E-state index is 12.9. The lowest BCUT2D eigenvalue weighted by molar-refractivity contribution is 0.323. The van der Waals surface area contributed by atoms with Gasteiger partial charge >= 0.3 is 0 Å². The Hall–Kier alpha value is -2.61. The Bertz CT molecular complexity index is 775. The van der Waals surface area contributed by atoms with Crippen molar-refractivity contribution in [3.8, 4) is 17.2 Å². The summed E-state index contributed by atoms with van der Waals surface area (Å²) in [5.74, 6) is 3.24. The summed E-state index contributed by atoms with van der Waals surface area (Å²) in [6, 6.07) is 10.4. The van der Waals surface area contributed by atoms with E-state index in [1.165, 1.54) is 12.1 Å². The number of nitrogens with one attached hydrogen (secondary N) is 2. The summed E-state index contributed by atoms with van der Waals surface area (Å²) in [5, 5.41) is 6.57. The fourth-order valence-electron chi connectivity index (χ4n) is 2.64. The molecule has 0 aliphatic carbocycles. The lowest BCUT2D eigenvalue weighted by Gasteiger charge is -2.16. The van der Waals surface area contributed by atoms with Crippen LogP contribution in [0.25, 0.3) is 0 Å². The minimum atomic E-state index is -0.210. The Morgan fingerprint density at radius 2 is 1.66 bits per heavy atom. The van der Waals surface area contributed by atoms with Crippen LogP contribution in [-0.4, -0.2) is 46.6 Å². The SMILES string of the molecule is CN=C(NCCCSc1ccc(F)cc1)NCc1cc(OC)c(OC)c(OC)c1. The molecule has 2 N–H and O–H groups in total. The van der Waals surface area contributed by atoms with Gasteiger partial charge in [0.15, 0.2) is 17.5 Å². The molecule has 8 heteroatoms. The van der Waals surface area contributed by atoms with Crippen LogP contribution in [0.5, 0.6) is 17.2 Å². The summed E-state index contributed by atoms with van der Waals surface area (Å²) >= 11 is 1.70. The van der Waals surface area contributed by atoms with Crippen LogP contribution in [0.4, 0.5) is 4.39 Å². The van der Waals surface area contributed by atoms with E-state index in [-0.39, 0.29) is 5.82 Å². The molecular weight excluding hydrogens is 393 g/mol. The van der Waals surface area contributed by atoms with Gasteiger partial charge in [0.05, 0.1) is 21.3 Å². The summed E-state index contributed by atoms with van der Waals surface area (Å²) in [4.78, 5) is 5.31. The molecule has 0 radical (unpaired) electrons. The summed E-state index contributed by atoms with van der Waals surface area (Å²) in [6.07, 6.45) is 0.951. The zero-order valence-corrected chi connectivity index (χ0v) is 18.1. The van der Waals surface area contributed by atoms with E-state index in [0.717, 1.165) is 29.2 Å². The van der Waals surface area contributed by atoms with Crippen LogP contribution < -0.4 is 24.8 Å². The second-order valence-electron chi connectivity index (χ2n) is 6.04. The predicted octanol–water partition coefficient (Wildman–Crippen LogP) is 3.70. The number of halogens is 1. The van der Waals surface area contributed by atoms with Crippen molar-refractivity contribution >= 4 is 17.7 Å². The summed E-state index contributed by atoms with van der Waals surface area (Å²) in [5.41, 5.74) is 0.981. The molecule has 0 aliphatic heterocycles. The molecule has 0 amide bonds. The zero-order chi connectivity index (χ0) is 21.1. The number of guanidine groups is 1. The van der Waals surface area contributed by atoms with Crippen molar-refractivity contribution in [2.24, 2.45) is 4.99 Å². The van der Waals surface area contributed by atoms with Crippen LogP contribution in [-0.2, 0) is 6.54 Å². The molecule has 2 aromatic carbocycles. The Labute approximate surface area is 175 Å². The van der Waals surface area contributed by atoms with Crippen molar-refractivity contribution in [1.29, 1.82) is 0 Å². The number of thioether (sulfide) groups is 1. The molecule has 2 aromatic rings. The molecule has 0 atom stereocenters. The number of hydrogen-bond acceptors (Lipinski definition) is 5. The van der Waals surface area contributed by atoms with Crippen molar-refractivity contribution in [2.45, 2.75) is 17.9 Å². The molecule has 0 aromatic heterocycles. The Morgan fingerprint density at radius 3 is 2.21 bits per heavy atom. The van der Waals surface area contributed by atoms with Crippen molar-refractivity contribution in [3.05, 3.63) is 47.8 Å². The van der Waals surface area contributed by atoms with E-state index < -0.39 is 0 Å². The van der Waals surface area contributed by atoms with Crippen LogP contribution in [0.3, 0.4) is 0 Å². The van der Waals surface area contributed by atoms with Gasteiger partial charge in [-0.2, -0.15) is 0 Å². The number of aliphatic imine (C=N–C) groups is 1. The molecule has 158 valence electrons. The lowest BCUT2D eigenvalue weighted by atomic mass is 10.2. The minimum Gasteiger partial charge on any atom is -0.493 e. The number of nitrogens with zero attached hydrogens (tertiary/aromatic N) is 1. The maximum Gasteiger partial charge on any atom is 0.203 e. The van der Waals surface area contributed by atoms with E-state index in [2.05, 4.69) is 15.6 Å². The molecule has 0 heterocycles. The molecule has 2 rings (SSSR count). The first-order chi connectivity index (χ1) is 14.1. The minimum absolute atomic E-state index is 0.210. The molecule has 0 unspecified atom stereocenters. The highest BCUT2D eigenvalue weighted by Gasteiger charge is 2.13. The molecule has 0 saturated heterocycles. The molecule has 29 heavy (non-hydrogen) atoms. The van der Waals surface area contributed by atoms with E-state index in [4.69, 9.17) is 14.2 Å². The van der Waals surface area contributed by atoms with Crippen LogP contribution in [0.15, 0.2) is 46.3 Å². The first-order valence-electron chi connectivity index (χ1n) is 9.23. The fourth-order valence-corrected chi connectivity index (χ4v) is 3.50. The third kappa shape index (κ3) is 7.05. The molecule has 0 bridgehead atoms. The normalized spacial score (nSPS) is 11.1. The average molecular weight is 422 g/mol. The first kappa shape index (κ1) is 22.7. The number of rotatable bonds is 10. The Balaban J connectivity index is 1.79. The van der Waals surface area contributed by atoms with Gasteiger partial charge in [0, 0.05) is 25.0 Å². The number of ether oxygens (including phenoxy) is 3. The monoisotopic (exact) mass is 421 g/mol. The highest BCUT2D eigenvalue weighted by Crippen LogP contribution is 2.38. The second kappa shape index (κ2) is 12.1.